The maximum absolute atomic E-state index is 13.4. The lowest BCUT2D eigenvalue weighted by atomic mass is 10.0. The molecule has 0 aliphatic carbocycles. The van der Waals surface area contributed by atoms with Gasteiger partial charge in [0.25, 0.3) is 0 Å². The molecule has 2 aromatic carbocycles. The predicted octanol–water partition coefficient (Wildman–Crippen LogP) is 3.00. The maximum Gasteiger partial charge on any atom is 0.335 e. The molecule has 0 unspecified atom stereocenters. The van der Waals surface area contributed by atoms with E-state index in [1.54, 1.807) is 0 Å². The average molecular weight is 284 g/mol. The van der Waals surface area contributed by atoms with Crippen molar-refractivity contribution in [1.29, 1.82) is 0 Å². The lowest BCUT2D eigenvalue weighted by Crippen LogP contribution is -2.06. The fraction of sp³-hybridized carbons (Fsp3) is 0.125. The van der Waals surface area contributed by atoms with Crippen molar-refractivity contribution in [3.63, 3.8) is 0 Å². The third-order valence-corrected chi connectivity index (χ3v) is 3.53. The van der Waals surface area contributed by atoms with Crippen LogP contribution in [0.3, 0.4) is 0 Å². The third kappa shape index (κ3) is 2.38. The standard InChI is InChI=1S/C16H13FN2O2/c1-19-14-5-3-2-4-13(14)18-15(19)9-10-8-11(17)6-7-12(10)16(20)21/h2-8H,9H2,1H3,(H,20,21). The summed E-state index contributed by atoms with van der Waals surface area (Å²) < 4.78 is 15.3. The van der Waals surface area contributed by atoms with E-state index < -0.39 is 11.8 Å². The van der Waals surface area contributed by atoms with Crippen LogP contribution in [0.1, 0.15) is 21.7 Å². The molecule has 0 saturated heterocycles. The average Bonchev–Trinajstić information content (AvgIpc) is 2.76. The fourth-order valence-corrected chi connectivity index (χ4v) is 2.44. The van der Waals surface area contributed by atoms with Gasteiger partial charge < -0.3 is 9.67 Å². The topological polar surface area (TPSA) is 55.1 Å². The largest absolute Gasteiger partial charge is 0.478 e. The van der Waals surface area contributed by atoms with Gasteiger partial charge in [0.15, 0.2) is 0 Å². The lowest BCUT2D eigenvalue weighted by Gasteiger charge is -2.06. The number of carboxylic acid groups (broad SMARTS) is 1. The van der Waals surface area contributed by atoms with Gasteiger partial charge in [-0.2, -0.15) is 0 Å². The van der Waals surface area contributed by atoms with E-state index in [0.29, 0.717) is 11.4 Å². The summed E-state index contributed by atoms with van der Waals surface area (Å²) in [5.74, 6) is -0.818. The van der Waals surface area contributed by atoms with Gasteiger partial charge in [-0.25, -0.2) is 14.2 Å². The number of aromatic carboxylic acids is 1. The van der Waals surface area contributed by atoms with Crippen LogP contribution in [0.15, 0.2) is 42.5 Å². The number of benzene rings is 2. The molecule has 5 heteroatoms. The Balaban J connectivity index is 2.08. The van der Waals surface area contributed by atoms with Crippen molar-refractivity contribution in [2.24, 2.45) is 7.05 Å². The number of carboxylic acids is 1. The Morgan fingerprint density at radius 3 is 2.76 bits per heavy atom. The number of carbonyl (C=O) groups is 1. The van der Waals surface area contributed by atoms with Crippen LogP contribution in [0.4, 0.5) is 4.39 Å². The summed E-state index contributed by atoms with van der Waals surface area (Å²) in [6.45, 7) is 0. The monoisotopic (exact) mass is 284 g/mol. The summed E-state index contributed by atoms with van der Waals surface area (Å²) in [7, 11) is 1.87. The second-order valence-electron chi connectivity index (χ2n) is 4.86. The van der Waals surface area contributed by atoms with Crippen LogP contribution in [0.2, 0.25) is 0 Å². The number of aromatic nitrogens is 2. The van der Waals surface area contributed by atoms with Crippen molar-refractivity contribution in [3.05, 3.63) is 65.2 Å². The summed E-state index contributed by atoms with van der Waals surface area (Å²) in [6.07, 6.45) is 0.268. The quantitative estimate of drug-likeness (QED) is 0.804. The number of aryl methyl sites for hydroxylation is 1. The summed E-state index contributed by atoms with van der Waals surface area (Å²) >= 11 is 0. The zero-order valence-electron chi connectivity index (χ0n) is 11.4. The molecule has 21 heavy (non-hydrogen) atoms. The molecule has 0 radical (unpaired) electrons. The molecule has 1 aromatic heterocycles. The van der Waals surface area contributed by atoms with Gasteiger partial charge >= 0.3 is 5.97 Å². The van der Waals surface area contributed by atoms with E-state index in [1.165, 1.54) is 12.1 Å². The molecule has 0 atom stereocenters. The molecule has 3 rings (SSSR count). The van der Waals surface area contributed by atoms with Crippen molar-refractivity contribution < 1.29 is 14.3 Å². The molecule has 1 N–H and O–H groups in total. The van der Waals surface area contributed by atoms with Crippen LogP contribution in [0, 0.1) is 5.82 Å². The third-order valence-electron chi connectivity index (χ3n) is 3.53. The van der Waals surface area contributed by atoms with Gasteiger partial charge in [-0.3, -0.25) is 0 Å². The Kier molecular flexibility index (Phi) is 3.17. The molecule has 0 aliphatic rings. The first kappa shape index (κ1) is 13.3. The van der Waals surface area contributed by atoms with Crippen LogP contribution >= 0.6 is 0 Å². The van der Waals surface area contributed by atoms with Gasteiger partial charge in [0, 0.05) is 13.5 Å². The summed E-state index contributed by atoms with van der Waals surface area (Å²) in [5.41, 5.74) is 2.31. The second-order valence-corrected chi connectivity index (χ2v) is 4.86. The van der Waals surface area contributed by atoms with E-state index in [2.05, 4.69) is 4.98 Å². The highest BCUT2D eigenvalue weighted by Crippen LogP contribution is 2.19. The number of hydrogen-bond acceptors (Lipinski definition) is 2. The van der Waals surface area contributed by atoms with Crippen molar-refractivity contribution in [1.82, 2.24) is 9.55 Å². The summed E-state index contributed by atoms with van der Waals surface area (Å²) in [5, 5.41) is 9.19. The molecule has 0 saturated carbocycles. The zero-order chi connectivity index (χ0) is 15.0. The Hall–Kier alpha value is -2.69. The fourth-order valence-electron chi connectivity index (χ4n) is 2.44. The molecule has 3 aromatic rings. The minimum Gasteiger partial charge on any atom is -0.478 e. The van der Waals surface area contributed by atoms with E-state index in [-0.39, 0.29) is 12.0 Å². The van der Waals surface area contributed by atoms with E-state index in [0.717, 1.165) is 17.1 Å². The van der Waals surface area contributed by atoms with Crippen LogP contribution < -0.4 is 0 Å². The van der Waals surface area contributed by atoms with Crippen molar-refractivity contribution in [3.8, 4) is 0 Å². The molecule has 0 aliphatic heterocycles. The molecule has 0 spiro atoms. The number of hydrogen-bond donors (Lipinski definition) is 1. The van der Waals surface area contributed by atoms with Gasteiger partial charge in [-0.15, -0.1) is 0 Å². The molecular weight excluding hydrogens is 271 g/mol. The van der Waals surface area contributed by atoms with E-state index in [9.17, 15) is 14.3 Å². The summed E-state index contributed by atoms with van der Waals surface area (Å²) in [4.78, 5) is 15.7. The molecule has 0 amide bonds. The second kappa shape index (κ2) is 5.01. The molecule has 0 fully saturated rings. The van der Waals surface area contributed by atoms with Crippen LogP contribution in [-0.2, 0) is 13.5 Å². The minimum absolute atomic E-state index is 0.100. The van der Waals surface area contributed by atoms with Crippen LogP contribution in [0.5, 0.6) is 0 Å². The lowest BCUT2D eigenvalue weighted by molar-refractivity contribution is 0.0696. The van der Waals surface area contributed by atoms with Gasteiger partial charge in [0.1, 0.15) is 11.6 Å². The molecule has 0 bridgehead atoms. The van der Waals surface area contributed by atoms with E-state index in [4.69, 9.17) is 0 Å². The molecule has 4 nitrogen and oxygen atoms in total. The maximum atomic E-state index is 13.4. The zero-order valence-corrected chi connectivity index (χ0v) is 11.4. The Morgan fingerprint density at radius 2 is 2.05 bits per heavy atom. The van der Waals surface area contributed by atoms with E-state index >= 15 is 0 Å². The molecular formula is C16H13FN2O2. The Labute approximate surface area is 120 Å². The number of fused-ring (bicyclic) bond motifs is 1. The highest BCUT2D eigenvalue weighted by molar-refractivity contribution is 5.89. The first-order valence-electron chi connectivity index (χ1n) is 6.48. The number of halogens is 1. The van der Waals surface area contributed by atoms with Crippen LogP contribution in [0.25, 0.3) is 11.0 Å². The van der Waals surface area contributed by atoms with Crippen LogP contribution in [-0.4, -0.2) is 20.6 Å². The highest BCUT2D eigenvalue weighted by Gasteiger charge is 2.14. The van der Waals surface area contributed by atoms with Gasteiger partial charge in [0.05, 0.1) is 16.6 Å². The number of rotatable bonds is 3. The van der Waals surface area contributed by atoms with Gasteiger partial charge in [-0.05, 0) is 35.9 Å². The minimum atomic E-state index is -1.07. The predicted molar refractivity (Wildman–Crippen MR) is 76.9 cm³/mol. The Morgan fingerprint density at radius 1 is 1.29 bits per heavy atom. The smallest absolute Gasteiger partial charge is 0.335 e. The normalized spacial score (nSPS) is 11.0. The van der Waals surface area contributed by atoms with Gasteiger partial charge in [0.2, 0.25) is 0 Å². The first-order valence-corrected chi connectivity index (χ1v) is 6.48. The van der Waals surface area contributed by atoms with E-state index in [1.807, 2.05) is 35.9 Å². The molecule has 106 valence electrons. The Bertz CT molecular complexity index is 839. The van der Waals surface area contributed by atoms with Gasteiger partial charge in [-0.1, -0.05) is 12.1 Å². The first-order chi connectivity index (χ1) is 10.1. The van der Waals surface area contributed by atoms with Crippen molar-refractivity contribution in [2.45, 2.75) is 6.42 Å². The summed E-state index contributed by atoms with van der Waals surface area (Å²) in [6, 6.07) is 11.3. The number of nitrogens with zero attached hydrogens (tertiary/aromatic N) is 2. The van der Waals surface area contributed by atoms with Crippen molar-refractivity contribution in [2.75, 3.05) is 0 Å². The highest BCUT2D eigenvalue weighted by atomic mass is 19.1. The number of imidazole rings is 1. The SMILES string of the molecule is Cn1c(Cc2cc(F)ccc2C(=O)O)nc2ccccc21. The number of para-hydroxylation sites is 2. The molecule has 1 heterocycles. The van der Waals surface area contributed by atoms with Crippen molar-refractivity contribution >= 4 is 17.0 Å².